The fraction of sp³-hybridized carbons (Fsp3) is 0.375. The van der Waals surface area contributed by atoms with Gasteiger partial charge in [0.05, 0.1) is 0 Å². The van der Waals surface area contributed by atoms with Gasteiger partial charge in [0.25, 0.3) is 0 Å². The Balaban J connectivity index is 2.48. The lowest BCUT2D eigenvalue weighted by atomic mass is 10.1. The molecule has 0 unspecified atom stereocenters. The maximum atomic E-state index is 12.4. The summed E-state index contributed by atoms with van der Waals surface area (Å²) in [5.74, 6) is 3.61. The van der Waals surface area contributed by atoms with Gasteiger partial charge in [-0.05, 0) is 17.3 Å². The molecule has 0 fully saturated rings. The van der Waals surface area contributed by atoms with Crippen molar-refractivity contribution in [2.75, 3.05) is 0 Å². The van der Waals surface area contributed by atoms with Gasteiger partial charge in [0.15, 0.2) is 5.82 Å². The van der Waals surface area contributed by atoms with Crippen molar-refractivity contribution in [1.29, 1.82) is 0 Å². The van der Waals surface area contributed by atoms with E-state index < -0.39 is 0 Å². The fourth-order valence-electron chi connectivity index (χ4n) is 2.08. The predicted molar refractivity (Wildman–Crippen MR) is 93.4 cm³/mol. The van der Waals surface area contributed by atoms with Crippen LogP contribution in [0, 0.1) is 16.8 Å². The van der Waals surface area contributed by atoms with E-state index in [0.29, 0.717) is 13.1 Å². The molecule has 1 aromatic heterocycles. The molecule has 0 atom stereocenters. The number of hydrogen-bond acceptors (Lipinski definition) is 2. The number of halogens is 1. The highest BCUT2D eigenvalue weighted by Crippen LogP contribution is 2.17. The Bertz CT molecular complexity index is 717. The number of unbranched alkanes of at least 4 members (excludes halogenated alkanes) is 1. The highest BCUT2D eigenvalue weighted by atomic mass is 127. The molecule has 4 nitrogen and oxygen atoms in total. The number of aryl methyl sites for hydroxylation is 1. The molecular formula is C16H18IN3O. The van der Waals surface area contributed by atoms with Gasteiger partial charge in [-0.3, -0.25) is 4.57 Å². The zero-order valence-electron chi connectivity index (χ0n) is 12.3. The zero-order chi connectivity index (χ0) is 15.2. The predicted octanol–water partition coefficient (Wildman–Crippen LogP) is 3.22. The van der Waals surface area contributed by atoms with E-state index in [-0.39, 0.29) is 5.69 Å². The van der Waals surface area contributed by atoms with Crippen LogP contribution in [0.2, 0.25) is 0 Å². The number of aromatic nitrogens is 3. The van der Waals surface area contributed by atoms with E-state index in [0.717, 1.165) is 24.2 Å². The molecule has 0 N–H and O–H groups in total. The normalized spacial score (nSPS) is 10.2. The summed E-state index contributed by atoms with van der Waals surface area (Å²) in [7, 11) is 0. The highest BCUT2D eigenvalue weighted by Gasteiger charge is 2.14. The van der Waals surface area contributed by atoms with Crippen molar-refractivity contribution in [1.82, 2.24) is 14.3 Å². The molecule has 0 saturated heterocycles. The Morgan fingerprint density at radius 3 is 2.62 bits per heavy atom. The van der Waals surface area contributed by atoms with E-state index in [1.807, 2.05) is 53.8 Å². The first-order chi connectivity index (χ1) is 10.2. The van der Waals surface area contributed by atoms with Crippen LogP contribution in [0.25, 0.3) is 11.4 Å². The molecule has 5 heteroatoms. The minimum atomic E-state index is -0.0850. The lowest BCUT2D eigenvalue weighted by Gasteiger charge is -2.04. The molecule has 0 bridgehead atoms. The van der Waals surface area contributed by atoms with Gasteiger partial charge < -0.3 is 0 Å². The summed E-state index contributed by atoms with van der Waals surface area (Å²) in [6, 6.07) is 8.09. The summed E-state index contributed by atoms with van der Waals surface area (Å²) in [6.07, 6.45) is 2.00. The summed E-state index contributed by atoms with van der Waals surface area (Å²) >= 11 is 1.97. The van der Waals surface area contributed by atoms with Crippen molar-refractivity contribution >= 4 is 22.6 Å². The van der Waals surface area contributed by atoms with Crippen molar-refractivity contribution in [3.8, 4) is 21.2 Å². The molecule has 0 aliphatic rings. The SMILES string of the molecule is CCCCn1c(-c2ccc(C)cc2)nn(CC#CI)c1=O. The second kappa shape index (κ2) is 7.46. The van der Waals surface area contributed by atoms with Crippen molar-refractivity contribution < 1.29 is 0 Å². The molecule has 0 aliphatic heterocycles. The molecule has 2 aromatic rings. The molecule has 1 aromatic carbocycles. The summed E-state index contributed by atoms with van der Waals surface area (Å²) in [4.78, 5) is 12.4. The lowest BCUT2D eigenvalue weighted by Crippen LogP contribution is -2.25. The van der Waals surface area contributed by atoms with Crippen molar-refractivity contribution in [3.63, 3.8) is 0 Å². The fourth-order valence-corrected chi connectivity index (χ4v) is 2.25. The molecule has 21 heavy (non-hydrogen) atoms. The molecule has 0 spiro atoms. The van der Waals surface area contributed by atoms with Gasteiger partial charge in [-0.15, -0.1) is 5.10 Å². The molecule has 0 radical (unpaired) electrons. The quantitative estimate of drug-likeness (QED) is 0.576. The first-order valence-corrected chi connectivity index (χ1v) is 8.08. The van der Waals surface area contributed by atoms with E-state index in [1.54, 1.807) is 4.57 Å². The van der Waals surface area contributed by atoms with E-state index in [1.165, 1.54) is 10.2 Å². The molecule has 110 valence electrons. The Morgan fingerprint density at radius 2 is 2.00 bits per heavy atom. The average Bonchev–Trinajstić information content (AvgIpc) is 2.80. The molecule has 0 amide bonds. The topological polar surface area (TPSA) is 39.8 Å². The van der Waals surface area contributed by atoms with Crippen molar-refractivity contribution in [3.05, 3.63) is 40.3 Å². The largest absolute Gasteiger partial charge is 0.347 e. The van der Waals surface area contributed by atoms with Gasteiger partial charge in [0, 0.05) is 34.7 Å². The first kappa shape index (κ1) is 15.8. The van der Waals surface area contributed by atoms with Crippen LogP contribution in [0.1, 0.15) is 25.3 Å². The van der Waals surface area contributed by atoms with E-state index in [2.05, 4.69) is 21.9 Å². The lowest BCUT2D eigenvalue weighted by molar-refractivity contribution is 0.595. The van der Waals surface area contributed by atoms with E-state index >= 15 is 0 Å². The smallest absolute Gasteiger partial charge is 0.275 e. The molecule has 1 heterocycles. The third-order valence-electron chi connectivity index (χ3n) is 3.26. The van der Waals surface area contributed by atoms with Crippen LogP contribution < -0.4 is 5.69 Å². The van der Waals surface area contributed by atoms with Gasteiger partial charge in [-0.25, -0.2) is 9.48 Å². The van der Waals surface area contributed by atoms with Crippen LogP contribution >= 0.6 is 22.6 Å². The Morgan fingerprint density at radius 1 is 1.29 bits per heavy atom. The van der Waals surface area contributed by atoms with Gasteiger partial charge in [0.2, 0.25) is 0 Å². The maximum Gasteiger partial charge on any atom is 0.347 e. The van der Waals surface area contributed by atoms with Crippen LogP contribution in [-0.2, 0) is 13.1 Å². The third-order valence-corrected chi connectivity index (χ3v) is 3.64. The summed E-state index contributed by atoms with van der Waals surface area (Å²) in [6.45, 7) is 5.18. The second-order valence-corrected chi connectivity index (χ2v) is 5.45. The standard InChI is InChI=1S/C16H18IN3O/c1-3-4-11-19-15(14-8-6-13(2)7-9-14)18-20(16(19)21)12-5-10-17/h6-9H,3-4,11-12H2,1-2H3. The van der Waals surface area contributed by atoms with Crippen LogP contribution in [0.4, 0.5) is 0 Å². The zero-order valence-corrected chi connectivity index (χ0v) is 14.4. The molecule has 0 saturated carbocycles. The van der Waals surface area contributed by atoms with E-state index in [9.17, 15) is 4.79 Å². The number of rotatable bonds is 5. The Kier molecular flexibility index (Phi) is 5.62. The average molecular weight is 395 g/mol. The summed E-state index contributed by atoms with van der Waals surface area (Å²) in [5, 5.41) is 4.46. The first-order valence-electron chi connectivity index (χ1n) is 7.00. The Hall–Kier alpha value is -1.55. The van der Waals surface area contributed by atoms with Crippen LogP contribution in [0.15, 0.2) is 29.1 Å². The molecular weight excluding hydrogens is 377 g/mol. The van der Waals surface area contributed by atoms with Gasteiger partial charge in [-0.2, -0.15) is 0 Å². The van der Waals surface area contributed by atoms with Crippen LogP contribution in [0.3, 0.4) is 0 Å². The summed E-state index contributed by atoms with van der Waals surface area (Å²) in [5.41, 5.74) is 2.07. The minimum Gasteiger partial charge on any atom is -0.275 e. The number of nitrogens with zero attached hydrogens (tertiary/aromatic N) is 3. The van der Waals surface area contributed by atoms with Gasteiger partial charge in [0.1, 0.15) is 6.54 Å². The molecule has 2 rings (SSSR count). The Labute approximate surface area is 138 Å². The van der Waals surface area contributed by atoms with Crippen molar-refractivity contribution in [2.45, 2.75) is 39.8 Å². The summed E-state index contributed by atoms with van der Waals surface area (Å²) < 4.78 is 5.97. The monoisotopic (exact) mass is 395 g/mol. The minimum absolute atomic E-state index is 0.0850. The van der Waals surface area contributed by atoms with E-state index in [4.69, 9.17) is 0 Å². The number of benzene rings is 1. The van der Waals surface area contributed by atoms with Gasteiger partial charge in [-0.1, -0.05) is 49.1 Å². The third kappa shape index (κ3) is 3.76. The number of hydrogen-bond donors (Lipinski definition) is 0. The highest BCUT2D eigenvalue weighted by molar-refractivity contribution is 14.1. The van der Waals surface area contributed by atoms with Crippen LogP contribution in [-0.4, -0.2) is 14.3 Å². The maximum absolute atomic E-state index is 12.4. The second-order valence-electron chi connectivity index (χ2n) is 4.91. The molecule has 0 aliphatic carbocycles. The van der Waals surface area contributed by atoms with Gasteiger partial charge >= 0.3 is 5.69 Å². The van der Waals surface area contributed by atoms with Crippen molar-refractivity contribution in [2.24, 2.45) is 0 Å². The van der Waals surface area contributed by atoms with Crippen LogP contribution in [0.5, 0.6) is 0 Å².